The van der Waals surface area contributed by atoms with Crippen LogP contribution in [0.1, 0.15) is 24.9 Å². The number of aryl methyl sites for hydroxylation is 2. The number of hydrogen-bond acceptors (Lipinski definition) is 4. The molecule has 3 N–H and O–H groups in total. The second-order valence-corrected chi connectivity index (χ2v) is 7.13. The molecule has 2 aromatic heterocycles. The van der Waals surface area contributed by atoms with Gasteiger partial charge in [0, 0.05) is 22.0 Å². The van der Waals surface area contributed by atoms with E-state index < -0.39 is 0 Å². The summed E-state index contributed by atoms with van der Waals surface area (Å²) < 4.78 is 12.9. The molecule has 7 heteroatoms. The highest BCUT2D eigenvalue weighted by Crippen LogP contribution is 2.37. The van der Waals surface area contributed by atoms with Crippen LogP contribution in [0.2, 0.25) is 0 Å². The topological polar surface area (TPSA) is 76.7 Å². The van der Waals surface area contributed by atoms with Gasteiger partial charge in [-0.05, 0) is 62.8 Å². The Labute approximate surface area is 159 Å². The highest BCUT2D eigenvalue weighted by atomic mass is 79.9. The smallest absolute Gasteiger partial charge is 0.184 e. The minimum Gasteiger partial charge on any atom is -0.461 e. The molecule has 0 radical (unpaired) electrons. The van der Waals surface area contributed by atoms with Crippen LogP contribution in [0.3, 0.4) is 0 Å². The molecule has 3 rings (SSSR count). The minimum absolute atomic E-state index is 0.152. The SMILES string of the molecule is CC(CCc1oc2ccc(Br)cc2c1-c1ccc(C)o1)=NNC(N)=S. The average molecular weight is 420 g/mol. The highest BCUT2D eigenvalue weighted by molar-refractivity contribution is 9.10. The van der Waals surface area contributed by atoms with Gasteiger partial charge in [-0.3, -0.25) is 5.43 Å². The number of halogens is 1. The first-order valence-corrected chi connectivity index (χ1v) is 9.00. The Morgan fingerprint density at radius 3 is 2.76 bits per heavy atom. The normalized spacial score (nSPS) is 11.9. The number of hydrazone groups is 1. The maximum absolute atomic E-state index is 6.09. The van der Waals surface area contributed by atoms with E-state index in [4.69, 9.17) is 26.8 Å². The van der Waals surface area contributed by atoms with Gasteiger partial charge in [-0.1, -0.05) is 15.9 Å². The number of fused-ring (bicyclic) bond motifs is 1. The third-order valence-corrected chi connectivity index (χ3v) is 4.37. The van der Waals surface area contributed by atoms with Crippen molar-refractivity contribution in [3.63, 3.8) is 0 Å². The molecule has 0 fully saturated rings. The van der Waals surface area contributed by atoms with E-state index in [1.54, 1.807) is 0 Å². The van der Waals surface area contributed by atoms with Crippen molar-refractivity contribution in [1.29, 1.82) is 0 Å². The lowest BCUT2D eigenvalue weighted by Crippen LogP contribution is -2.25. The second-order valence-electron chi connectivity index (χ2n) is 5.77. The maximum atomic E-state index is 6.09. The van der Waals surface area contributed by atoms with Crippen molar-refractivity contribution < 1.29 is 8.83 Å². The van der Waals surface area contributed by atoms with E-state index in [1.165, 1.54) is 0 Å². The molecule has 0 aliphatic heterocycles. The van der Waals surface area contributed by atoms with Gasteiger partial charge >= 0.3 is 0 Å². The van der Waals surface area contributed by atoms with Gasteiger partial charge in [0.25, 0.3) is 0 Å². The van der Waals surface area contributed by atoms with Crippen LogP contribution < -0.4 is 11.2 Å². The summed E-state index contributed by atoms with van der Waals surface area (Å²) >= 11 is 8.28. The quantitative estimate of drug-likeness (QED) is 0.349. The van der Waals surface area contributed by atoms with Gasteiger partial charge < -0.3 is 14.6 Å². The molecular weight excluding hydrogens is 402 g/mol. The highest BCUT2D eigenvalue weighted by Gasteiger charge is 2.19. The van der Waals surface area contributed by atoms with Gasteiger partial charge in [0.2, 0.25) is 0 Å². The van der Waals surface area contributed by atoms with Crippen molar-refractivity contribution in [3.8, 4) is 11.3 Å². The molecule has 130 valence electrons. The molecule has 3 aromatic rings. The molecule has 1 aromatic carbocycles. The fourth-order valence-corrected chi connectivity index (χ4v) is 3.04. The van der Waals surface area contributed by atoms with E-state index in [0.717, 1.165) is 44.0 Å². The zero-order chi connectivity index (χ0) is 18.0. The van der Waals surface area contributed by atoms with Gasteiger partial charge in [-0.25, -0.2) is 0 Å². The summed E-state index contributed by atoms with van der Waals surface area (Å²) in [6.07, 6.45) is 1.40. The Hall–Kier alpha value is -2.12. The minimum atomic E-state index is 0.152. The van der Waals surface area contributed by atoms with Gasteiger partial charge in [0.1, 0.15) is 22.9 Å². The summed E-state index contributed by atoms with van der Waals surface area (Å²) in [5, 5.41) is 5.32. The zero-order valence-corrected chi connectivity index (χ0v) is 16.3. The van der Waals surface area contributed by atoms with E-state index in [0.29, 0.717) is 12.8 Å². The molecule has 5 nitrogen and oxygen atoms in total. The largest absolute Gasteiger partial charge is 0.461 e. The van der Waals surface area contributed by atoms with Gasteiger partial charge in [0.15, 0.2) is 5.11 Å². The Bertz CT molecular complexity index is 959. The molecule has 25 heavy (non-hydrogen) atoms. The molecule has 2 heterocycles. The van der Waals surface area contributed by atoms with Crippen molar-refractivity contribution in [3.05, 3.63) is 46.3 Å². The number of hydrogen-bond donors (Lipinski definition) is 2. The van der Waals surface area contributed by atoms with E-state index in [1.807, 2.05) is 44.2 Å². The Balaban J connectivity index is 1.97. The van der Waals surface area contributed by atoms with Crippen LogP contribution in [0.4, 0.5) is 0 Å². The first kappa shape index (κ1) is 17.7. The van der Waals surface area contributed by atoms with E-state index in [2.05, 4.69) is 26.5 Å². The number of thiocarbonyl (C=S) groups is 1. The molecule has 0 amide bonds. The predicted molar refractivity (Wildman–Crippen MR) is 108 cm³/mol. The second kappa shape index (κ2) is 7.41. The number of rotatable bonds is 5. The molecule has 0 spiro atoms. The van der Waals surface area contributed by atoms with Gasteiger partial charge in [0.05, 0.1) is 5.56 Å². The van der Waals surface area contributed by atoms with E-state index in [9.17, 15) is 0 Å². The van der Waals surface area contributed by atoms with Crippen molar-refractivity contribution >= 4 is 49.9 Å². The lowest BCUT2D eigenvalue weighted by Gasteiger charge is -2.02. The van der Waals surface area contributed by atoms with Crippen molar-refractivity contribution in [2.24, 2.45) is 10.8 Å². The van der Waals surface area contributed by atoms with Crippen LogP contribution in [0.25, 0.3) is 22.3 Å². The van der Waals surface area contributed by atoms with Gasteiger partial charge in [-0.15, -0.1) is 0 Å². The molecule has 0 unspecified atom stereocenters. The molecule has 0 aliphatic carbocycles. The molecule has 0 saturated heterocycles. The summed E-state index contributed by atoms with van der Waals surface area (Å²) in [5.41, 5.74) is 10.7. The predicted octanol–water partition coefficient (Wildman–Crippen LogP) is 4.91. The monoisotopic (exact) mass is 419 g/mol. The third-order valence-electron chi connectivity index (χ3n) is 3.78. The average Bonchev–Trinajstić information content (AvgIpc) is 3.13. The first-order chi connectivity index (χ1) is 11.9. The lowest BCUT2D eigenvalue weighted by molar-refractivity contribution is 0.532. The Kier molecular flexibility index (Phi) is 5.24. The molecule has 0 bridgehead atoms. The summed E-state index contributed by atoms with van der Waals surface area (Å²) in [4.78, 5) is 0. The fourth-order valence-electron chi connectivity index (χ4n) is 2.64. The Morgan fingerprint density at radius 2 is 2.08 bits per heavy atom. The van der Waals surface area contributed by atoms with E-state index in [-0.39, 0.29) is 5.11 Å². The molecule has 0 atom stereocenters. The Morgan fingerprint density at radius 1 is 1.28 bits per heavy atom. The fraction of sp³-hybridized carbons (Fsp3) is 0.222. The molecular formula is C18H18BrN3O2S. The summed E-state index contributed by atoms with van der Waals surface area (Å²) in [7, 11) is 0. The number of nitrogens with one attached hydrogen (secondary N) is 1. The third kappa shape index (κ3) is 4.11. The van der Waals surface area contributed by atoms with Crippen molar-refractivity contribution in [2.45, 2.75) is 26.7 Å². The van der Waals surface area contributed by atoms with Crippen molar-refractivity contribution in [1.82, 2.24) is 5.43 Å². The first-order valence-electron chi connectivity index (χ1n) is 7.80. The van der Waals surface area contributed by atoms with Crippen LogP contribution in [-0.2, 0) is 6.42 Å². The summed E-state index contributed by atoms with van der Waals surface area (Å²) in [6, 6.07) is 9.89. The lowest BCUT2D eigenvalue weighted by atomic mass is 10.0. The van der Waals surface area contributed by atoms with Gasteiger partial charge in [-0.2, -0.15) is 5.10 Å². The maximum Gasteiger partial charge on any atom is 0.184 e. The van der Waals surface area contributed by atoms with Crippen LogP contribution in [0, 0.1) is 6.92 Å². The van der Waals surface area contributed by atoms with Crippen LogP contribution >= 0.6 is 28.1 Å². The number of nitrogens with zero attached hydrogens (tertiary/aromatic N) is 1. The number of benzene rings is 1. The molecule has 0 saturated carbocycles. The van der Waals surface area contributed by atoms with Crippen LogP contribution in [-0.4, -0.2) is 10.8 Å². The summed E-state index contributed by atoms with van der Waals surface area (Å²) in [6.45, 7) is 3.85. The zero-order valence-electron chi connectivity index (χ0n) is 13.9. The number of nitrogens with two attached hydrogens (primary N) is 1. The van der Waals surface area contributed by atoms with Crippen LogP contribution in [0.5, 0.6) is 0 Å². The summed E-state index contributed by atoms with van der Waals surface area (Å²) in [5.74, 6) is 2.54. The van der Waals surface area contributed by atoms with Crippen LogP contribution in [0.15, 0.2) is 48.7 Å². The standard InChI is InChI=1S/C18H18BrN3O2S/c1-10(21-22-18(20)25)3-6-16-17(15-7-4-11(2)23-15)13-9-12(19)5-8-14(13)24-16/h4-5,7-9H,3,6H2,1-2H3,(H3,20,22,25). The van der Waals surface area contributed by atoms with E-state index >= 15 is 0 Å². The number of furan rings is 2. The van der Waals surface area contributed by atoms with Crippen molar-refractivity contribution in [2.75, 3.05) is 0 Å². The molecule has 0 aliphatic rings.